The molecule has 0 spiro atoms. The molecule has 3 aromatic rings. The zero-order chi connectivity index (χ0) is 12.5. The predicted molar refractivity (Wildman–Crippen MR) is 69.4 cm³/mol. The van der Waals surface area contributed by atoms with Crippen LogP contribution in [0.4, 0.5) is 0 Å². The molecule has 0 saturated heterocycles. The van der Waals surface area contributed by atoms with E-state index >= 15 is 0 Å². The Bertz CT molecular complexity index is 706. The first-order valence-corrected chi connectivity index (χ1v) is 5.58. The van der Waals surface area contributed by atoms with Crippen molar-refractivity contribution in [2.75, 3.05) is 0 Å². The van der Waals surface area contributed by atoms with Crippen LogP contribution in [0.3, 0.4) is 0 Å². The fraction of sp³-hybridized carbons (Fsp3) is 0. The lowest BCUT2D eigenvalue weighted by Gasteiger charge is -1.96. The molecular formula is C15H11O3+. The van der Waals surface area contributed by atoms with E-state index in [0.717, 1.165) is 10.9 Å². The molecule has 3 heteroatoms. The van der Waals surface area contributed by atoms with Crippen LogP contribution >= 0.6 is 0 Å². The molecule has 0 aliphatic carbocycles. The maximum Gasteiger partial charge on any atom is 0.364 e. The van der Waals surface area contributed by atoms with E-state index in [2.05, 4.69) is 0 Å². The van der Waals surface area contributed by atoms with E-state index in [-0.39, 0.29) is 11.5 Å². The SMILES string of the molecule is Oc1cc2ccc(-c3ccccc3)[o+]c2cc1O. The molecule has 18 heavy (non-hydrogen) atoms. The van der Waals surface area contributed by atoms with Crippen molar-refractivity contribution in [3.63, 3.8) is 0 Å². The largest absolute Gasteiger partial charge is 0.504 e. The third-order valence-corrected chi connectivity index (χ3v) is 2.80. The van der Waals surface area contributed by atoms with Crippen LogP contribution < -0.4 is 0 Å². The second kappa shape index (κ2) is 4.04. The first kappa shape index (κ1) is 10.6. The van der Waals surface area contributed by atoms with Gasteiger partial charge < -0.3 is 10.2 Å². The fourth-order valence-corrected chi connectivity index (χ4v) is 1.87. The highest BCUT2D eigenvalue weighted by Crippen LogP contribution is 2.32. The normalized spacial score (nSPS) is 10.7. The van der Waals surface area contributed by atoms with E-state index in [0.29, 0.717) is 11.3 Å². The summed E-state index contributed by atoms with van der Waals surface area (Å²) in [5, 5.41) is 19.6. The molecule has 2 aromatic carbocycles. The van der Waals surface area contributed by atoms with Crippen molar-refractivity contribution in [1.29, 1.82) is 0 Å². The highest BCUT2D eigenvalue weighted by Gasteiger charge is 2.16. The van der Waals surface area contributed by atoms with Gasteiger partial charge in [0.15, 0.2) is 11.5 Å². The molecule has 0 amide bonds. The van der Waals surface area contributed by atoms with Gasteiger partial charge in [-0.05, 0) is 18.2 Å². The van der Waals surface area contributed by atoms with E-state index in [4.69, 9.17) is 4.42 Å². The topological polar surface area (TPSA) is 51.8 Å². The van der Waals surface area contributed by atoms with Crippen molar-refractivity contribution in [3.8, 4) is 22.8 Å². The van der Waals surface area contributed by atoms with E-state index in [1.165, 1.54) is 12.1 Å². The molecule has 0 atom stereocenters. The summed E-state index contributed by atoms with van der Waals surface area (Å²) in [4.78, 5) is 0. The van der Waals surface area contributed by atoms with Crippen molar-refractivity contribution in [3.05, 3.63) is 54.6 Å². The van der Waals surface area contributed by atoms with E-state index in [9.17, 15) is 10.2 Å². The summed E-state index contributed by atoms with van der Waals surface area (Å²) in [6.07, 6.45) is 0. The van der Waals surface area contributed by atoms with Crippen LogP contribution in [-0.2, 0) is 0 Å². The summed E-state index contributed by atoms with van der Waals surface area (Å²) < 4.78 is 5.71. The highest BCUT2D eigenvalue weighted by molar-refractivity contribution is 5.82. The van der Waals surface area contributed by atoms with Gasteiger partial charge in [-0.3, -0.25) is 0 Å². The van der Waals surface area contributed by atoms with Gasteiger partial charge in [-0.25, -0.2) is 4.42 Å². The average molecular weight is 239 g/mol. The Balaban J connectivity index is 2.20. The van der Waals surface area contributed by atoms with Crippen LogP contribution in [0.2, 0.25) is 0 Å². The first-order valence-electron chi connectivity index (χ1n) is 5.58. The van der Waals surface area contributed by atoms with Gasteiger partial charge in [0, 0.05) is 12.1 Å². The summed E-state index contributed by atoms with van der Waals surface area (Å²) in [7, 11) is 0. The van der Waals surface area contributed by atoms with Crippen LogP contribution in [0.5, 0.6) is 11.5 Å². The number of hydrogen-bond donors (Lipinski definition) is 2. The molecule has 0 aliphatic heterocycles. The van der Waals surface area contributed by atoms with Gasteiger partial charge >= 0.3 is 11.3 Å². The van der Waals surface area contributed by atoms with Gasteiger partial charge in [-0.2, -0.15) is 0 Å². The Morgan fingerprint density at radius 3 is 2.28 bits per heavy atom. The second-order valence-corrected chi connectivity index (χ2v) is 4.04. The Hall–Kier alpha value is -2.55. The predicted octanol–water partition coefficient (Wildman–Crippen LogP) is 3.79. The van der Waals surface area contributed by atoms with Crippen LogP contribution in [0.1, 0.15) is 0 Å². The minimum absolute atomic E-state index is 0.148. The van der Waals surface area contributed by atoms with Crippen LogP contribution in [0, 0.1) is 0 Å². The summed E-state index contributed by atoms with van der Waals surface area (Å²) in [5.74, 6) is 0.384. The maximum absolute atomic E-state index is 9.47. The average Bonchev–Trinajstić information content (AvgIpc) is 2.41. The number of fused-ring (bicyclic) bond motifs is 1. The van der Waals surface area contributed by atoms with Gasteiger partial charge in [-0.15, -0.1) is 0 Å². The second-order valence-electron chi connectivity index (χ2n) is 4.04. The van der Waals surface area contributed by atoms with E-state index in [1.54, 1.807) is 0 Å². The lowest BCUT2D eigenvalue weighted by atomic mass is 10.1. The van der Waals surface area contributed by atoms with Gasteiger partial charge in [0.25, 0.3) is 0 Å². The van der Waals surface area contributed by atoms with E-state index in [1.807, 2.05) is 42.5 Å². The molecule has 0 radical (unpaired) electrons. The molecule has 88 valence electrons. The van der Waals surface area contributed by atoms with Crippen molar-refractivity contribution in [2.45, 2.75) is 0 Å². The Labute approximate surface area is 104 Å². The summed E-state index contributed by atoms with van der Waals surface area (Å²) in [5.41, 5.74) is 1.50. The van der Waals surface area contributed by atoms with E-state index < -0.39 is 0 Å². The Kier molecular flexibility index (Phi) is 2.38. The van der Waals surface area contributed by atoms with Crippen molar-refractivity contribution in [1.82, 2.24) is 0 Å². The molecule has 3 nitrogen and oxygen atoms in total. The number of hydrogen-bond acceptors (Lipinski definition) is 2. The van der Waals surface area contributed by atoms with Gasteiger partial charge in [0.05, 0.1) is 17.0 Å². The maximum atomic E-state index is 9.47. The number of rotatable bonds is 1. The van der Waals surface area contributed by atoms with Gasteiger partial charge in [-0.1, -0.05) is 18.2 Å². The third kappa shape index (κ3) is 1.76. The number of phenols is 2. The first-order chi connectivity index (χ1) is 8.74. The molecule has 0 bridgehead atoms. The van der Waals surface area contributed by atoms with Crippen LogP contribution in [0.15, 0.2) is 59.0 Å². The third-order valence-electron chi connectivity index (χ3n) is 2.80. The van der Waals surface area contributed by atoms with Gasteiger partial charge in [0.2, 0.25) is 0 Å². The minimum Gasteiger partial charge on any atom is -0.504 e. The molecule has 1 aromatic heterocycles. The Morgan fingerprint density at radius 2 is 1.50 bits per heavy atom. The number of aromatic hydroxyl groups is 2. The lowest BCUT2D eigenvalue weighted by Crippen LogP contribution is -1.79. The van der Waals surface area contributed by atoms with Crippen molar-refractivity contribution in [2.24, 2.45) is 0 Å². The molecule has 0 aliphatic rings. The number of benzene rings is 2. The zero-order valence-electron chi connectivity index (χ0n) is 9.50. The molecule has 2 N–H and O–H groups in total. The zero-order valence-corrected chi connectivity index (χ0v) is 9.50. The van der Waals surface area contributed by atoms with Crippen molar-refractivity contribution >= 4 is 11.0 Å². The van der Waals surface area contributed by atoms with Gasteiger partial charge in [0.1, 0.15) is 0 Å². The standard InChI is InChI=1S/C15H10O3/c16-12-8-11-6-7-14(10-4-2-1-3-5-10)18-15(11)9-13(12)17/h1-9H,(H-,16,17)/p+1. The summed E-state index contributed by atoms with van der Waals surface area (Å²) in [6, 6.07) is 16.3. The minimum atomic E-state index is -0.184. The molecule has 0 unspecified atom stereocenters. The molecule has 1 heterocycles. The monoisotopic (exact) mass is 239 g/mol. The molecule has 3 rings (SSSR count). The lowest BCUT2D eigenvalue weighted by molar-refractivity contribution is 0.404. The van der Waals surface area contributed by atoms with Crippen LogP contribution in [0.25, 0.3) is 22.3 Å². The summed E-state index contributed by atoms with van der Waals surface area (Å²) in [6.45, 7) is 0. The molecule has 0 fully saturated rings. The van der Waals surface area contributed by atoms with Crippen LogP contribution in [-0.4, -0.2) is 10.2 Å². The molecule has 0 saturated carbocycles. The quantitative estimate of drug-likeness (QED) is 0.501. The van der Waals surface area contributed by atoms with Crippen molar-refractivity contribution < 1.29 is 14.6 Å². The Morgan fingerprint density at radius 1 is 0.778 bits per heavy atom. The highest BCUT2D eigenvalue weighted by atomic mass is 16.3. The fourth-order valence-electron chi connectivity index (χ4n) is 1.87. The number of phenolic OH excluding ortho intramolecular Hbond substituents is 2. The smallest absolute Gasteiger partial charge is 0.364 e. The molecular weight excluding hydrogens is 228 g/mol. The summed E-state index contributed by atoms with van der Waals surface area (Å²) >= 11 is 0.